The number of ether oxygens (including phenoxy) is 2. The fourth-order valence-electron chi connectivity index (χ4n) is 4.35. The average molecular weight is 500 g/mol. The van der Waals surface area contributed by atoms with Gasteiger partial charge < -0.3 is 18.9 Å². The van der Waals surface area contributed by atoms with Gasteiger partial charge >= 0.3 is 5.97 Å². The van der Waals surface area contributed by atoms with E-state index in [4.69, 9.17) is 27.9 Å². The number of aryl methyl sites for hydroxylation is 2. The van der Waals surface area contributed by atoms with Crippen LogP contribution in [0.5, 0.6) is 0 Å². The molecule has 184 valence electrons. The van der Waals surface area contributed by atoms with Gasteiger partial charge in [0.05, 0.1) is 13.2 Å². The van der Waals surface area contributed by atoms with E-state index < -0.39 is 0 Å². The van der Waals surface area contributed by atoms with E-state index in [2.05, 4.69) is 29.2 Å². The molecule has 1 aliphatic rings. The number of hydrogen-bond acceptors (Lipinski definition) is 7. The molecule has 0 radical (unpaired) electrons. The highest BCUT2D eigenvalue weighted by atomic mass is 35.5. The largest absolute Gasteiger partial charge is 0.469 e. The first kappa shape index (κ1) is 26.1. The molecule has 0 bridgehead atoms. The van der Waals surface area contributed by atoms with Gasteiger partial charge in [-0.1, -0.05) is 30.9 Å². The number of fused-ring (bicyclic) bond motifs is 1. The molecular formula is C23H35Cl2N5O3. The molecule has 3 rings (SSSR count). The number of likely N-dealkylation sites (tertiary alicyclic amines) is 1. The number of rotatable bonds is 14. The van der Waals surface area contributed by atoms with Gasteiger partial charge in [0, 0.05) is 32.7 Å². The van der Waals surface area contributed by atoms with Crippen LogP contribution in [0, 0.1) is 6.92 Å². The number of unbranched alkanes of at least 4 members (excludes halogenated alkanes) is 5. The van der Waals surface area contributed by atoms with Crippen molar-refractivity contribution in [3.8, 4) is 0 Å². The van der Waals surface area contributed by atoms with Crippen LogP contribution in [0.25, 0.3) is 11.2 Å². The second-order valence-electron chi connectivity index (χ2n) is 8.65. The van der Waals surface area contributed by atoms with E-state index in [1.807, 2.05) is 6.92 Å². The summed E-state index contributed by atoms with van der Waals surface area (Å²) in [6.07, 6.45) is 9.47. The summed E-state index contributed by atoms with van der Waals surface area (Å²) in [5.74, 6) is 0.757. The SMILES string of the molecule is COC(=O)CCCCCO[C@@H]1CCN(CCCCCCn2c(C)nc3nc(Cl)nc(Cl)c32)C1. The molecule has 0 unspecified atom stereocenters. The third kappa shape index (κ3) is 8.05. The Hall–Kier alpha value is -1.48. The first-order valence-electron chi connectivity index (χ1n) is 11.9. The number of carbonyl (C=O) groups excluding carboxylic acids is 1. The van der Waals surface area contributed by atoms with E-state index in [0.717, 1.165) is 82.7 Å². The minimum Gasteiger partial charge on any atom is -0.469 e. The molecule has 0 saturated carbocycles. The quantitative estimate of drug-likeness (QED) is 0.159. The molecule has 0 amide bonds. The number of aromatic nitrogens is 4. The second-order valence-corrected chi connectivity index (χ2v) is 9.35. The maximum Gasteiger partial charge on any atom is 0.305 e. The predicted octanol–water partition coefficient (Wildman–Crippen LogP) is 4.83. The number of methoxy groups -OCH3 is 1. The van der Waals surface area contributed by atoms with Gasteiger partial charge in [0.15, 0.2) is 10.8 Å². The Balaban J connectivity index is 1.24. The van der Waals surface area contributed by atoms with Crippen molar-refractivity contribution < 1.29 is 14.3 Å². The number of hydrogen-bond donors (Lipinski definition) is 0. The van der Waals surface area contributed by atoms with Crippen LogP contribution in [-0.4, -0.2) is 69.8 Å². The number of halogens is 2. The van der Waals surface area contributed by atoms with Crippen molar-refractivity contribution in [2.24, 2.45) is 0 Å². The van der Waals surface area contributed by atoms with Gasteiger partial charge in [-0.25, -0.2) is 9.97 Å². The molecule has 0 spiro atoms. The van der Waals surface area contributed by atoms with Gasteiger partial charge in [-0.2, -0.15) is 4.98 Å². The Morgan fingerprint density at radius 2 is 1.79 bits per heavy atom. The van der Waals surface area contributed by atoms with Gasteiger partial charge in [0.1, 0.15) is 11.3 Å². The number of carbonyl (C=O) groups is 1. The topological polar surface area (TPSA) is 82.4 Å². The number of imidazole rings is 1. The average Bonchev–Trinajstić information content (AvgIpc) is 3.36. The molecule has 0 aromatic carbocycles. The first-order chi connectivity index (χ1) is 16.0. The van der Waals surface area contributed by atoms with E-state index in [1.165, 1.54) is 20.0 Å². The Morgan fingerprint density at radius 1 is 1.03 bits per heavy atom. The fraction of sp³-hybridized carbons (Fsp3) is 0.739. The van der Waals surface area contributed by atoms with E-state index in [9.17, 15) is 4.79 Å². The fourth-order valence-corrected chi connectivity index (χ4v) is 4.82. The summed E-state index contributed by atoms with van der Waals surface area (Å²) in [6.45, 7) is 6.87. The second kappa shape index (κ2) is 13.4. The van der Waals surface area contributed by atoms with Gasteiger partial charge in [-0.3, -0.25) is 4.79 Å². The summed E-state index contributed by atoms with van der Waals surface area (Å²) in [7, 11) is 1.43. The summed E-state index contributed by atoms with van der Waals surface area (Å²) in [5, 5.41) is 0.486. The highest BCUT2D eigenvalue weighted by Gasteiger charge is 2.22. The third-order valence-corrected chi connectivity index (χ3v) is 6.60. The Labute approximate surface area is 206 Å². The van der Waals surface area contributed by atoms with Crippen LogP contribution < -0.4 is 0 Å². The predicted molar refractivity (Wildman–Crippen MR) is 130 cm³/mol. The van der Waals surface area contributed by atoms with E-state index >= 15 is 0 Å². The summed E-state index contributed by atoms with van der Waals surface area (Å²) in [4.78, 5) is 26.3. The van der Waals surface area contributed by atoms with E-state index in [0.29, 0.717) is 23.3 Å². The van der Waals surface area contributed by atoms with Crippen LogP contribution in [0.4, 0.5) is 0 Å². The van der Waals surface area contributed by atoms with E-state index in [1.54, 1.807) is 0 Å². The monoisotopic (exact) mass is 499 g/mol. The van der Waals surface area contributed by atoms with Crippen molar-refractivity contribution >= 4 is 40.3 Å². The number of nitrogens with zero attached hydrogens (tertiary/aromatic N) is 5. The van der Waals surface area contributed by atoms with Crippen LogP contribution in [0.15, 0.2) is 0 Å². The van der Waals surface area contributed by atoms with Crippen LogP contribution >= 0.6 is 23.2 Å². The van der Waals surface area contributed by atoms with Gasteiger partial charge in [-0.15, -0.1) is 0 Å². The summed E-state index contributed by atoms with van der Waals surface area (Å²) < 4.78 is 12.8. The molecule has 1 fully saturated rings. The highest BCUT2D eigenvalue weighted by molar-refractivity contribution is 6.35. The van der Waals surface area contributed by atoms with Crippen LogP contribution in [0.3, 0.4) is 0 Å². The van der Waals surface area contributed by atoms with Crippen molar-refractivity contribution in [2.45, 2.75) is 77.4 Å². The Morgan fingerprint density at radius 3 is 2.58 bits per heavy atom. The molecule has 1 saturated heterocycles. The molecule has 33 heavy (non-hydrogen) atoms. The molecule has 0 N–H and O–H groups in total. The Kier molecular flexibility index (Phi) is 10.6. The minimum atomic E-state index is -0.128. The molecule has 10 heteroatoms. The van der Waals surface area contributed by atoms with Crippen molar-refractivity contribution in [3.05, 3.63) is 16.3 Å². The molecule has 2 aromatic heterocycles. The first-order valence-corrected chi connectivity index (χ1v) is 12.7. The van der Waals surface area contributed by atoms with Crippen molar-refractivity contribution in [1.82, 2.24) is 24.4 Å². The minimum absolute atomic E-state index is 0.127. The lowest BCUT2D eigenvalue weighted by Gasteiger charge is -2.16. The summed E-state index contributed by atoms with van der Waals surface area (Å²) >= 11 is 12.2. The molecule has 1 aliphatic heterocycles. The summed E-state index contributed by atoms with van der Waals surface area (Å²) in [5.41, 5.74) is 1.33. The van der Waals surface area contributed by atoms with Gasteiger partial charge in [-0.05, 0) is 57.2 Å². The zero-order chi connectivity index (χ0) is 23.6. The lowest BCUT2D eigenvalue weighted by atomic mass is 10.2. The maximum absolute atomic E-state index is 11.1. The lowest BCUT2D eigenvalue weighted by molar-refractivity contribution is -0.140. The molecule has 8 nitrogen and oxygen atoms in total. The normalized spacial score (nSPS) is 16.7. The number of esters is 1. The van der Waals surface area contributed by atoms with Crippen LogP contribution in [0.1, 0.15) is 63.6 Å². The molecule has 3 heterocycles. The van der Waals surface area contributed by atoms with Crippen molar-refractivity contribution in [2.75, 3.05) is 33.4 Å². The molecule has 2 aromatic rings. The maximum atomic E-state index is 11.1. The Bertz CT molecular complexity index is 908. The van der Waals surface area contributed by atoms with Gasteiger partial charge in [0.2, 0.25) is 5.28 Å². The zero-order valence-corrected chi connectivity index (χ0v) is 21.2. The van der Waals surface area contributed by atoms with Crippen LogP contribution in [0.2, 0.25) is 10.4 Å². The van der Waals surface area contributed by atoms with Crippen molar-refractivity contribution in [3.63, 3.8) is 0 Å². The summed E-state index contributed by atoms with van der Waals surface area (Å²) in [6, 6.07) is 0. The standard InChI is InChI=1S/C23H35Cl2N5O3/c1-17-26-22-20(21(24)27-23(25)28-22)30(17)13-8-4-3-7-12-29-14-11-18(16-29)33-15-9-5-6-10-19(31)32-2/h18H,3-16H2,1-2H3/t18-/m1/s1. The zero-order valence-electron chi connectivity index (χ0n) is 19.7. The van der Waals surface area contributed by atoms with Gasteiger partial charge in [0.25, 0.3) is 0 Å². The van der Waals surface area contributed by atoms with Crippen LogP contribution in [-0.2, 0) is 20.8 Å². The molecule has 0 aliphatic carbocycles. The lowest BCUT2D eigenvalue weighted by Crippen LogP contribution is -2.24. The molecular weight excluding hydrogens is 465 g/mol. The highest BCUT2D eigenvalue weighted by Crippen LogP contribution is 2.24. The van der Waals surface area contributed by atoms with Crippen molar-refractivity contribution in [1.29, 1.82) is 0 Å². The smallest absolute Gasteiger partial charge is 0.305 e. The van der Waals surface area contributed by atoms with E-state index in [-0.39, 0.29) is 11.3 Å². The third-order valence-electron chi connectivity index (χ3n) is 6.17. The molecule has 1 atom stereocenters.